The van der Waals surface area contributed by atoms with Gasteiger partial charge in [-0.1, -0.05) is 6.92 Å². The molecule has 0 amide bonds. The predicted molar refractivity (Wildman–Crippen MR) is 72.1 cm³/mol. The minimum atomic E-state index is -5.02. The van der Waals surface area contributed by atoms with Gasteiger partial charge in [-0.05, 0) is 32.0 Å². The van der Waals surface area contributed by atoms with Crippen LogP contribution in [0.25, 0.3) is 0 Å². The van der Waals surface area contributed by atoms with E-state index >= 15 is 0 Å². The molecule has 4 nitrogen and oxygen atoms in total. The SMILES string of the molecule is CCN(CC(C)(C)O)S(=O)(=O)c1ccc(F)cc1C(F)(F)F. The summed E-state index contributed by atoms with van der Waals surface area (Å²) in [7, 11) is -4.53. The third-order valence-corrected chi connectivity index (χ3v) is 4.76. The number of likely N-dealkylation sites (N-methyl/N-ethyl adjacent to an activating group) is 1. The molecule has 0 fully saturated rings. The largest absolute Gasteiger partial charge is 0.417 e. The smallest absolute Gasteiger partial charge is 0.389 e. The quantitative estimate of drug-likeness (QED) is 0.836. The maximum atomic E-state index is 13.1. The number of benzene rings is 1. The van der Waals surface area contributed by atoms with Gasteiger partial charge >= 0.3 is 6.18 Å². The Morgan fingerprint density at radius 3 is 2.18 bits per heavy atom. The summed E-state index contributed by atoms with van der Waals surface area (Å²) >= 11 is 0. The average molecular weight is 343 g/mol. The Morgan fingerprint density at radius 2 is 1.77 bits per heavy atom. The number of hydrogen-bond donors (Lipinski definition) is 1. The van der Waals surface area contributed by atoms with Gasteiger partial charge in [0.05, 0.1) is 16.1 Å². The molecule has 126 valence electrons. The van der Waals surface area contributed by atoms with Gasteiger partial charge in [0.15, 0.2) is 0 Å². The summed E-state index contributed by atoms with van der Waals surface area (Å²) in [6.45, 7) is 3.57. The Labute approximate surface area is 126 Å². The average Bonchev–Trinajstić information content (AvgIpc) is 2.33. The van der Waals surface area contributed by atoms with Crippen molar-refractivity contribution in [2.24, 2.45) is 0 Å². The van der Waals surface area contributed by atoms with E-state index in [0.717, 1.165) is 4.31 Å². The molecule has 1 N–H and O–H groups in total. The molecular formula is C13H17F4NO3S. The zero-order valence-corrected chi connectivity index (χ0v) is 13.1. The Balaban J connectivity index is 3.45. The van der Waals surface area contributed by atoms with E-state index in [1.807, 2.05) is 0 Å². The lowest BCUT2D eigenvalue weighted by Gasteiger charge is -2.28. The molecule has 0 atom stereocenters. The molecule has 0 aromatic heterocycles. The molecule has 1 aromatic carbocycles. The van der Waals surface area contributed by atoms with E-state index in [0.29, 0.717) is 12.1 Å². The summed E-state index contributed by atoms with van der Waals surface area (Å²) in [6, 6.07) is 1.38. The van der Waals surface area contributed by atoms with Crippen LogP contribution in [0.5, 0.6) is 0 Å². The van der Waals surface area contributed by atoms with E-state index in [-0.39, 0.29) is 19.2 Å². The van der Waals surface area contributed by atoms with Crippen LogP contribution in [0.2, 0.25) is 0 Å². The van der Waals surface area contributed by atoms with E-state index in [2.05, 4.69) is 0 Å². The van der Waals surface area contributed by atoms with Gasteiger partial charge in [0, 0.05) is 13.1 Å². The van der Waals surface area contributed by atoms with Gasteiger partial charge in [0.25, 0.3) is 0 Å². The molecule has 0 radical (unpaired) electrons. The first-order valence-electron chi connectivity index (χ1n) is 6.38. The summed E-state index contributed by atoms with van der Waals surface area (Å²) in [6.07, 6.45) is -5.02. The molecule has 0 aliphatic rings. The number of rotatable bonds is 5. The fourth-order valence-electron chi connectivity index (χ4n) is 1.89. The minimum Gasteiger partial charge on any atom is -0.389 e. The van der Waals surface area contributed by atoms with Gasteiger partial charge < -0.3 is 5.11 Å². The molecule has 1 rings (SSSR count). The van der Waals surface area contributed by atoms with Crippen molar-refractivity contribution in [2.45, 2.75) is 37.4 Å². The van der Waals surface area contributed by atoms with Crippen molar-refractivity contribution in [1.82, 2.24) is 4.31 Å². The number of halogens is 4. The Kier molecular flexibility index (Phi) is 5.26. The van der Waals surface area contributed by atoms with Gasteiger partial charge in [-0.2, -0.15) is 17.5 Å². The normalized spacial score (nSPS) is 13.7. The van der Waals surface area contributed by atoms with Crippen molar-refractivity contribution in [3.8, 4) is 0 Å². The highest BCUT2D eigenvalue weighted by Gasteiger charge is 2.40. The monoisotopic (exact) mass is 343 g/mol. The van der Waals surface area contributed by atoms with Crippen LogP contribution in [0.15, 0.2) is 23.1 Å². The zero-order valence-electron chi connectivity index (χ0n) is 12.3. The van der Waals surface area contributed by atoms with Gasteiger partial charge in [0.2, 0.25) is 10.0 Å². The van der Waals surface area contributed by atoms with Crippen molar-refractivity contribution in [1.29, 1.82) is 0 Å². The van der Waals surface area contributed by atoms with E-state index in [9.17, 15) is 31.1 Å². The third-order valence-electron chi connectivity index (χ3n) is 2.78. The molecular weight excluding hydrogens is 326 g/mol. The van der Waals surface area contributed by atoms with Crippen LogP contribution in [0.4, 0.5) is 17.6 Å². The van der Waals surface area contributed by atoms with Crippen LogP contribution >= 0.6 is 0 Å². The summed E-state index contributed by atoms with van der Waals surface area (Å²) in [4.78, 5) is -1.03. The summed E-state index contributed by atoms with van der Waals surface area (Å²) in [5, 5.41) is 9.71. The van der Waals surface area contributed by atoms with Crippen LogP contribution in [0, 0.1) is 5.82 Å². The lowest BCUT2D eigenvalue weighted by atomic mass is 10.1. The highest BCUT2D eigenvalue weighted by Crippen LogP contribution is 2.36. The van der Waals surface area contributed by atoms with Gasteiger partial charge in [-0.15, -0.1) is 0 Å². The standard InChI is InChI=1S/C13H17F4NO3S/c1-4-18(8-12(2,3)19)22(20,21)11-6-5-9(14)7-10(11)13(15,16)17/h5-7,19H,4,8H2,1-3H3. The Bertz CT molecular complexity index is 636. The van der Waals surface area contributed by atoms with Crippen LogP contribution < -0.4 is 0 Å². The first-order chi connectivity index (χ1) is 9.79. The molecule has 0 bridgehead atoms. The molecule has 0 spiro atoms. The van der Waals surface area contributed by atoms with Crippen LogP contribution in [0.1, 0.15) is 26.3 Å². The summed E-state index contributed by atoms with van der Waals surface area (Å²) in [5.41, 5.74) is -3.00. The van der Waals surface area contributed by atoms with E-state index in [1.54, 1.807) is 0 Å². The molecule has 0 aliphatic heterocycles. The van der Waals surface area contributed by atoms with Crippen LogP contribution in [0.3, 0.4) is 0 Å². The summed E-state index contributed by atoms with van der Waals surface area (Å²) < 4.78 is 77.5. The molecule has 22 heavy (non-hydrogen) atoms. The molecule has 9 heteroatoms. The zero-order chi connectivity index (χ0) is 17.3. The highest BCUT2D eigenvalue weighted by molar-refractivity contribution is 7.89. The van der Waals surface area contributed by atoms with Gasteiger partial charge in [-0.3, -0.25) is 0 Å². The Morgan fingerprint density at radius 1 is 1.23 bits per heavy atom. The van der Waals surface area contributed by atoms with E-state index in [4.69, 9.17) is 0 Å². The number of hydrogen-bond acceptors (Lipinski definition) is 3. The number of nitrogens with zero attached hydrogens (tertiary/aromatic N) is 1. The van der Waals surface area contributed by atoms with Crippen molar-refractivity contribution < 1.29 is 31.1 Å². The maximum Gasteiger partial charge on any atom is 0.417 e. The van der Waals surface area contributed by atoms with Crippen molar-refractivity contribution in [3.05, 3.63) is 29.6 Å². The Hall–Kier alpha value is -1.19. The highest BCUT2D eigenvalue weighted by atomic mass is 32.2. The fraction of sp³-hybridized carbons (Fsp3) is 0.538. The minimum absolute atomic E-state index is 0.138. The molecule has 0 aliphatic carbocycles. The lowest BCUT2D eigenvalue weighted by Crippen LogP contribution is -2.42. The first kappa shape index (κ1) is 18.9. The van der Waals surface area contributed by atoms with Crippen LogP contribution in [-0.4, -0.2) is 36.5 Å². The topological polar surface area (TPSA) is 57.6 Å². The lowest BCUT2D eigenvalue weighted by molar-refractivity contribution is -0.140. The second-order valence-corrected chi connectivity index (χ2v) is 7.29. The molecule has 0 heterocycles. The predicted octanol–water partition coefficient (Wildman–Crippen LogP) is 2.63. The third kappa shape index (κ3) is 4.40. The summed E-state index contributed by atoms with van der Waals surface area (Å²) in [5.74, 6) is -1.18. The number of alkyl halides is 3. The number of aliphatic hydroxyl groups is 1. The molecule has 0 saturated heterocycles. The van der Waals surface area contributed by atoms with E-state index in [1.165, 1.54) is 20.8 Å². The van der Waals surface area contributed by atoms with Crippen LogP contribution in [-0.2, 0) is 16.2 Å². The molecule has 1 aromatic rings. The second-order valence-electron chi connectivity index (χ2n) is 5.38. The number of sulfonamides is 1. The van der Waals surface area contributed by atoms with Crippen molar-refractivity contribution in [3.63, 3.8) is 0 Å². The first-order valence-corrected chi connectivity index (χ1v) is 7.82. The molecule has 0 unspecified atom stereocenters. The van der Waals surface area contributed by atoms with Gasteiger partial charge in [-0.25, -0.2) is 12.8 Å². The van der Waals surface area contributed by atoms with Crippen molar-refractivity contribution in [2.75, 3.05) is 13.1 Å². The van der Waals surface area contributed by atoms with E-state index < -0.39 is 38.1 Å². The second kappa shape index (κ2) is 6.13. The maximum absolute atomic E-state index is 13.1. The fourth-order valence-corrected chi connectivity index (χ4v) is 3.68. The van der Waals surface area contributed by atoms with Crippen molar-refractivity contribution >= 4 is 10.0 Å². The molecule has 0 saturated carbocycles. The van der Waals surface area contributed by atoms with Gasteiger partial charge in [0.1, 0.15) is 5.82 Å².